The summed E-state index contributed by atoms with van der Waals surface area (Å²) in [6.45, 7) is 1.31. The lowest BCUT2D eigenvalue weighted by Crippen LogP contribution is -2.40. The van der Waals surface area contributed by atoms with Gasteiger partial charge in [-0.05, 0) is 18.2 Å². The van der Waals surface area contributed by atoms with E-state index in [0.29, 0.717) is 36.8 Å². The summed E-state index contributed by atoms with van der Waals surface area (Å²) in [5.74, 6) is 0.212. The molecule has 0 saturated heterocycles. The Bertz CT molecular complexity index is 766. The van der Waals surface area contributed by atoms with E-state index >= 15 is 0 Å². The van der Waals surface area contributed by atoms with Gasteiger partial charge in [-0.1, -0.05) is 6.07 Å². The van der Waals surface area contributed by atoms with Gasteiger partial charge in [-0.2, -0.15) is 0 Å². The van der Waals surface area contributed by atoms with Gasteiger partial charge in [0, 0.05) is 26.0 Å². The Labute approximate surface area is 145 Å². The van der Waals surface area contributed by atoms with E-state index in [0.717, 1.165) is 5.69 Å². The maximum absolute atomic E-state index is 12.3. The fourth-order valence-corrected chi connectivity index (χ4v) is 2.50. The predicted octanol–water partition coefficient (Wildman–Crippen LogP) is 0.811. The second kappa shape index (κ2) is 7.71. The molecule has 0 aliphatic carbocycles. The molecule has 2 amide bonds. The number of aromatic nitrogens is 2. The van der Waals surface area contributed by atoms with Gasteiger partial charge in [0.25, 0.3) is 5.91 Å². The fourth-order valence-electron chi connectivity index (χ4n) is 2.50. The van der Waals surface area contributed by atoms with Crippen LogP contribution in [0.3, 0.4) is 0 Å². The quantitative estimate of drug-likeness (QED) is 0.755. The monoisotopic (exact) mass is 341 g/mol. The van der Waals surface area contributed by atoms with Crippen LogP contribution in [0.4, 0.5) is 11.5 Å². The summed E-state index contributed by atoms with van der Waals surface area (Å²) in [6.07, 6.45) is 3.17. The van der Waals surface area contributed by atoms with Crippen molar-refractivity contribution in [3.05, 3.63) is 47.9 Å². The molecule has 3 rings (SSSR count). The lowest BCUT2D eigenvalue weighted by molar-refractivity contribution is -0.117. The molecule has 1 aliphatic heterocycles. The number of carbonyl (C=O) groups excluding carboxylic acids is 2. The Kier molecular flexibility index (Phi) is 5.20. The molecule has 0 unspecified atom stereocenters. The minimum absolute atomic E-state index is 0.100. The Morgan fingerprint density at radius 2 is 2.28 bits per heavy atom. The molecule has 0 radical (unpaired) electrons. The Balaban J connectivity index is 1.84. The van der Waals surface area contributed by atoms with Gasteiger partial charge in [0.1, 0.15) is 0 Å². The van der Waals surface area contributed by atoms with Crippen LogP contribution in [-0.2, 0) is 16.1 Å². The minimum atomic E-state index is -0.261. The van der Waals surface area contributed by atoms with Crippen LogP contribution in [0.1, 0.15) is 16.1 Å². The molecular weight excluding hydrogens is 322 g/mol. The molecule has 0 saturated carbocycles. The maximum atomic E-state index is 12.3. The smallest absolute Gasteiger partial charge is 0.253 e. The van der Waals surface area contributed by atoms with Crippen molar-refractivity contribution >= 4 is 23.3 Å². The number of ether oxygens (including phenoxy) is 1. The summed E-state index contributed by atoms with van der Waals surface area (Å²) >= 11 is 0. The van der Waals surface area contributed by atoms with Gasteiger partial charge in [0.05, 0.1) is 36.6 Å². The maximum Gasteiger partial charge on any atom is 0.253 e. The van der Waals surface area contributed by atoms with Crippen LogP contribution in [0.2, 0.25) is 0 Å². The normalized spacial score (nSPS) is 13.2. The van der Waals surface area contributed by atoms with E-state index in [-0.39, 0.29) is 18.4 Å². The Morgan fingerprint density at radius 1 is 1.40 bits per heavy atom. The number of carbonyl (C=O) groups is 2. The van der Waals surface area contributed by atoms with Gasteiger partial charge < -0.3 is 20.3 Å². The number of hydrogen-bond acceptors (Lipinski definition) is 6. The molecule has 8 nitrogen and oxygen atoms in total. The van der Waals surface area contributed by atoms with Crippen LogP contribution in [0.15, 0.2) is 36.7 Å². The summed E-state index contributed by atoms with van der Waals surface area (Å²) in [4.78, 5) is 34.7. The second-order valence-electron chi connectivity index (χ2n) is 5.49. The first-order valence-electron chi connectivity index (χ1n) is 7.90. The highest BCUT2D eigenvalue weighted by atomic mass is 16.5. The van der Waals surface area contributed by atoms with Gasteiger partial charge in [-0.15, -0.1) is 0 Å². The van der Waals surface area contributed by atoms with Gasteiger partial charge in [0.2, 0.25) is 5.91 Å². The standard InChI is InChI=1S/C17H19N5O3/c1-25-7-6-19-17(24)12-8-14-16(20-9-12)21-10-15(23)22(14)11-13-4-2-3-5-18-13/h2-5,8-9H,6-7,10-11H2,1H3,(H,19,24)(H,20,21). The molecule has 2 aromatic rings. The molecule has 0 atom stereocenters. The van der Waals surface area contributed by atoms with Crippen LogP contribution in [0, 0.1) is 0 Å². The number of rotatable bonds is 6. The third-order valence-electron chi connectivity index (χ3n) is 3.77. The number of hydrogen-bond donors (Lipinski definition) is 2. The lowest BCUT2D eigenvalue weighted by atomic mass is 10.2. The predicted molar refractivity (Wildman–Crippen MR) is 92.4 cm³/mol. The van der Waals surface area contributed by atoms with Crippen molar-refractivity contribution in [3.8, 4) is 0 Å². The summed E-state index contributed by atoms with van der Waals surface area (Å²) in [5.41, 5.74) is 1.72. The molecule has 130 valence electrons. The van der Waals surface area contributed by atoms with E-state index in [1.54, 1.807) is 24.3 Å². The van der Waals surface area contributed by atoms with E-state index in [4.69, 9.17) is 4.74 Å². The average Bonchev–Trinajstić information content (AvgIpc) is 2.64. The summed E-state index contributed by atoms with van der Waals surface area (Å²) < 4.78 is 4.92. The first kappa shape index (κ1) is 16.8. The number of pyridine rings is 2. The zero-order valence-electron chi connectivity index (χ0n) is 13.9. The van der Waals surface area contributed by atoms with E-state index in [1.165, 1.54) is 6.20 Å². The van der Waals surface area contributed by atoms with Crippen LogP contribution in [-0.4, -0.2) is 48.6 Å². The largest absolute Gasteiger partial charge is 0.383 e. The number of amides is 2. The number of nitrogens with one attached hydrogen (secondary N) is 2. The van der Waals surface area contributed by atoms with Gasteiger partial charge in [-0.3, -0.25) is 14.6 Å². The van der Waals surface area contributed by atoms with E-state index < -0.39 is 0 Å². The van der Waals surface area contributed by atoms with Crippen LogP contribution in [0.25, 0.3) is 0 Å². The van der Waals surface area contributed by atoms with E-state index in [9.17, 15) is 9.59 Å². The van der Waals surface area contributed by atoms with Crippen molar-refractivity contribution in [2.75, 3.05) is 37.0 Å². The number of nitrogens with zero attached hydrogens (tertiary/aromatic N) is 3. The molecule has 0 spiro atoms. The van der Waals surface area contributed by atoms with Crippen molar-refractivity contribution in [1.29, 1.82) is 0 Å². The van der Waals surface area contributed by atoms with Gasteiger partial charge in [-0.25, -0.2) is 4.98 Å². The third-order valence-corrected chi connectivity index (χ3v) is 3.77. The Morgan fingerprint density at radius 3 is 3.04 bits per heavy atom. The molecule has 2 N–H and O–H groups in total. The highest BCUT2D eigenvalue weighted by Crippen LogP contribution is 2.29. The van der Waals surface area contributed by atoms with Crippen molar-refractivity contribution in [2.45, 2.75) is 6.54 Å². The van der Waals surface area contributed by atoms with E-state index in [1.807, 2.05) is 18.2 Å². The van der Waals surface area contributed by atoms with Crippen molar-refractivity contribution in [1.82, 2.24) is 15.3 Å². The van der Waals surface area contributed by atoms with Crippen molar-refractivity contribution in [3.63, 3.8) is 0 Å². The summed E-state index contributed by atoms with van der Waals surface area (Å²) in [6, 6.07) is 7.20. The highest BCUT2D eigenvalue weighted by Gasteiger charge is 2.26. The molecular formula is C17H19N5O3. The molecule has 0 bridgehead atoms. The van der Waals surface area contributed by atoms with Gasteiger partial charge >= 0.3 is 0 Å². The molecule has 0 fully saturated rings. The van der Waals surface area contributed by atoms with Crippen LogP contribution < -0.4 is 15.5 Å². The molecule has 25 heavy (non-hydrogen) atoms. The highest BCUT2D eigenvalue weighted by molar-refractivity contribution is 6.03. The van der Waals surface area contributed by atoms with Gasteiger partial charge in [0.15, 0.2) is 5.82 Å². The first-order valence-corrected chi connectivity index (χ1v) is 7.90. The lowest BCUT2D eigenvalue weighted by Gasteiger charge is -2.29. The fraction of sp³-hybridized carbons (Fsp3) is 0.294. The zero-order chi connectivity index (χ0) is 17.6. The second-order valence-corrected chi connectivity index (χ2v) is 5.49. The van der Waals surface area contributed by atoms with Crippen LogP contribution in [0.5, 0.6) is 0 Å². The van der Waals surface area contributed by atoms with Crippen molar-refractivity contribution in [2.24, 2.45) is 0 Å². The number of fused-ring (bicyclic) bond motifs is 1. The molecule has 0 aromatic carbocycles. The minimum Gasteiger partial charge on any atom is -0.383 e. The van der Waals surface area contributed by atoms with Crippen molar-refractivity contribution < 1.29 is 14.3 Å². The summed E-state index contributed by atoms with van der Waals surface area (Å²) in [7, 11) is 1.57. The molecule has 2 aromatic heterocycles. The Hall–Kier alpha value is -3.00. The van der Waals surface area contributed by atoms with E-state index in [2.05, 4.69) is 20.6 Å². The zero-order valence-corrected chi connectivity index (χ0v) is 13.9. The number of methoxy groups -OCH3 is 1. The SMILES string of the molecule is COCCNC(=O)c1cnc2c(c1)N(Cc1ccccn1)C(=O)CN2. The molecule has 8 heteroatoms. The average molecular weight is 341 g/mol. The van der Waals surface area contributed by atoms with Crippen LogP contribution >= 0.6 is 0 Å². The molecule has 3 heterocycles. The topological polar surface area (TPSA) is 96.4 Å². The third kappa shape index (κ3) is 3.92. The molecule has 1 aliphatic rings. The summed E-state index contributed by atoms with van der Waals surface area (Å²) in [5, 5.41) is 5.71. The number of anilines is 2. The first-order chi connectivity index (χ1) is 12.2.